The minimum Gasteiger partial charge on any atom is -0.352 e. The van der Waals surface area contributed by atoms with E-state index >= 15 is 0 Å². The van der Waals surface area contributed by atoms with Crippen LogP contribution in [0.25, 0.3) is 0 Å². The Balaban J connectivity index is 2.23. The van der Waals surface area contributed by atoms with Crippen molar-refractivity contribution in [1.29, 1.82) is 0 Å². The predicted octanol–water partition coefficient (Wildman–Crippen LogP) is 5.26. The van der Waals surface area contributed by atoms with Crippen LogP contribution in [-0.2, 0) is 26.2 Å². The zero-order chi connectivity index (χ0) is 26.9. The number of carbonyl (C=O) groups excluding carboxylic acids is 2. The van der Waals surface area contributed by atoms with E-state index < -0.39 is 16.1 Å². The van der Waals surface area contributed by atoms with Crippen LogP contribution >= 0.6 is 23.2 Å². The molecule has 10 heteroatoms. The first-order chi connectivity index (χ1) is 17.0. The summed E-state index contributed by atoms with van der Waals surface area (Å²) < 4.78 is 26.1. The van der Waals surface area contributed by atoms with Crippen LogP contribution < -0.4 is 9.62 Å². The number of anilines is 1. The van der Waals surface area contributed by atoms with Crippen molar-refractivity contribution < 1.29 is 18.0 Å². The van der Waals surface area contributed by atoms with E-state index in [4.69, 9.17) is 23.2 Å². The van der Waals surface area contributed by atoms with Gasteiger partial charge >= 0.3 is 0 Å². The molecule has 0 radical (unpaired) electrons. The summed E-state index contributed by atoms with van der Waals surface area (Å²) in [4.78, 5) is 28.0. The lowest BCUT2D eigenvalue weighted by Crippen LogP contribution is -2.50. The third-order valence-corrected chi connectivity index (χ3v) is 7.65. The topological polar surface area (TPSA) is 86.8 Å². The highest BCUT2D eigenvalue weighted by molar-refractivity contribution is 7.92. The van der Waals surface area contributed by atoms with E-state index in [1.54, 1.807) is 11.0 Å². The summed E-state index contributed by atoms with van der Waals surface area (Å²) in [6, 6.07) is 13.4. The van der Waals surface area contributed by atoms with Gasteiger partial charge in [-0.2, -0.15) is 0 Å². The molecule has 0 aliphatic carbocycles. The van der Waals surface area contributed by atoms with Crippen LogP contribution in [0.4, 0.5) is 5.69 Å². The standard InChI is InChI=1S/C26H35Cl2N3O4S/c1-5-19(3)29-26(33)23(6-2)30(18-20-11-8-7-9-12-20)25(32)13-10-16-31(36(4,34)35)24-17-21(27)14-15-22(24)28/h7-9,11-12,14-15,17,19,23H,5-6,10,13,16,18H2,1-4H3,(H,29,33)/t19-,23-/m1/s1. The maximum Gasteiger partial charge on any atom is 0.243 e. The van der Waals surface area contributed by atoms with Crippen molar-refractivity contribution in [2.45, 2.75) is 65.1 Å². The number of rotatable bonds is 13. The Hall–Kier alpha value is -2.29. The van der Waals surface area contributed by atoms with E-state index in [-0.39, 0.29) is 54.5 Å². The molecule has 0 fully saturated rings. The van der Waals surface area contributed by atoms with Gasteiger partial charge in [0.1, 0.15) is 6.04 Å². The van der Waals surface area contributed by atoms with Crippen LogP contribution in [0.5, 0.6) is 0 Å². The van der Waals surface area contributed by atoms with Gasteiger partial charge in [-0.25, -0.2) is 8.42 Å². The Morgan fingerprint density at radius 2 is 1.69 bits per heavy atom. The molecule has 2 aromatic carbocycles. The summed E-state index contributed by atoms with van der Waals surface area (Å²) in [5, 5.41) is 3.58. The summed E-state index contributed by atoms with van der Waals surface area (Å²) in [6.07, 6.45) is 2.62. The van der Waals surface area contributed by atoms with Gasteiger partial charge in [0.15, 0.2) is 0 Å². The second-order valence-corrected chi connectivity index (χ2v) is 11.5. The van der Waals surface area contributed by atoms with Gasteiger partial charge in [0, 0.05) is 30.6 Å². The van der Waals surface area contributed by atoms with Crippen molar-refractivity contribution >= 4 is 50.7 Å². The molecule has 2 atom stereocenters. The molecule has 0 saturated carbocycles. The molecule has 198 valence electrons. The third-order valence-electron chi connectivity index (χ3n) is 5.91. The minimum atomic E-state index is -3.67. The second kappa shape index (κ2) is 13.9. The second-order valence-electron chi connectivity index (χ2n) is 8.78. The summed E-state index contributed by atoms with van der Waals surface area (Å²) in [7, 11) is -3.67. The van der Waals surface area contributed by atoms with Crippen molar-refractivity contribution in [2.24, 2.45) is 0 Å². The SMILES string of the molecule is CC[C@@H](C)NC(=O)[C@@H](CC)N(Cc1ccccc1)C(=O)CCCN(c1cc(Cl)ccc1Cl)S(C)(=O)=O. The van der Waals surface area contributed by atoms with Gasteiger partial charge in [-0.3, -0.25) is 13.9 Å². The first-order valence-electron chi connectivity index (χ1n) is 12.0. The molecule has 2 amide bonds. The molecular weight excluding hydrogens is 521 g/mol. The van der Waals surface area contributed by atoms with Gasteiger partial charge in [-0.15, -0.1) is 0 Å². The lowest BCUT2D eigenvalue weighted by atomic mass is 10.1. The highest BCUT2D eigenvalue weighted by atomic mass is 35.5. The first kappa shape index (κ1) is 29.9. The molecule has 2 aromatic rings. The molecule has 2 rings (SSSR count). The van der Waals surface area contributed by atoms with Crippen molar-refractivity contribution in [3.63, 3.8) is 0 Å². The molecule has 1 N–H and O–H groups in total. The minimum absolute atomic E-state index is 0.00834. The fourth-order valence-corrected chi connectivity index (χ4v) is 5.21. The zero-order valence-electron chi connectivity index (χ0n) is 21.2. The Kier molecular flexibility index (Phi) is 11.5. The van der Waals surface area contributed by atoms with Crippen LogP contribution in [0.15, 0.2) is 48.5 Å². The summed E-state index contributed by atoms with van der Waals surface area (Å²) in [5.74, 6) is -0.421. The number of hydrogen-bond donors (Lipinski definition) is 1. The number of halogens is 2. The first-order valence-corrected chi connectivity index (χ1v) is 14.6. The molecule has 36 heavy (non-hydrogen) atoms. The molecule has 0 aromatic heterocycles. The van der Waals surface area contributed by atoms with E-state index in [1.165, 1.54) is 12.1 Å². The van der Waals surface area contributed by atoms with E-state index in [1.807, 2.05) is 51.1 Å². The number of hydrogen-bond acceptors (Lipinski definition) is 4. The Morgan fingerprint density at radius 1 is 1.03 bits per heavy atom. The van der Waals surface area contributed by atoms with E-state index in [0.717, 1.165) is 22.5 Å². The molecule has 7 nitrogen and oxygen atoms in total. The Bertz CT molecular complexity index is 1130. The largest absolute Gasteiger partial charge is 0.352 e. The van der Waals surface area contributed by atoms with Crippen molar-refractivity contribution in [3.8, 4) is 0 Å². The van der Waals surface area contributed by atoms with Gasteiger partial charge in [0.25, 0.3) is 0 Å². The molecule has 0 unspecified atom stereocenters. The lowest BCUT2D eigenvalue weighted by Gasteiger charge is -2.32. The Morgan fingerprint density at radius 3 is 2.28 bits per heavy atom. The Labute approximate surface area is 224 Å². The van der Waals surface area contributed by atoms with Gasteiger partial charge in [-0.05, 0) is 49.9 Å². The van der Waals surface area contributed by atoms with Crippen molar-refractivity contribution in [2.75, 3.05) is 17.1 Å². The zero-order valence-corrected chi connectivity index (χ0v) is 23.5. The number of amides is 2. The van der Waals surface area contributed by atoms with E-state index in [9.17, 15) is 18.0 Å². The average molecular weight is 557 g/mol. The highest BCUT2D eigenvalue weighted by Crippen LogP contribution is 2.31. The number of nitrogens with one attached hydrogen (secondary N) is 1. The third kappa shape index (κ3) is 8.68. The monoisotopic (exact) mass is 555 g/mol. The number of benzene rings is 2. The molecule has 0 aliphatic rings. The van der Waals surface area contributed by atoms with Gasteiger partial charge < -0.3 is 10.2 Å². The fourth-order valence-electron chi connectivity index (χ4n) is 3.80. The predicted molar refractivity (Wildman–Crippen MR) is 147 cm³/mol. The van der Waals surface area contributed by atoms with Crippen LogP contribution in [-0.4, -0.2) is 50.0 Å². The summed E-state index contributed by atoms with van der Waals surface area (Å²) in [5.41, 5.74) is 1.17. The van der Waals surface area contributed by atoms with Gasteiger partial charge in [0.05, 0.1) is 17.0 Å². The molecule has 0 saturated heterocycles. The van der Waals surface area contributed by atoms with Gasteiger partial charge in [-0.1, -0.05) is 67.4 Å². The van der Waals surface area contributed by atoms with Crippen LogP contribution in [0, 0.1) is 0 Å². The van der Waals surface area contributed by atoms with Crippen LogP contribution in [0.3, 0.4) is 0 Å². The fraction of sp³-hybridized carbons (Fsp3) is 0.462. The molecule has 0 heterocycles. The average Bonchev–Trinajstić information content (AvgIpc) is 2.83. The number of sulfonamides is 1. The molecule has 0 aliphatic heterocycles. The highest BCUT2D eigenvalue weighted by Gasteiger charge is 2.29. The van der Waals surface area contributed by atoms with E-state index in [0.29, 0.717) is 11.4 Å². The number of nitrogens with zero attached hydrogens (tertiary/aromatic N) is 2. The number of carbonyl (C=O) groups is 2. The normalized spacial score (nSPS) is 13.1. The quantitative estimate of drug-likeness (QED) is 0.365. The smallest absolute Gasteiger partial charge is 0.243 e. The molecule has 0 spiro atoms. The molecule has 0 bridgehead atoms. The van der Waals surface area contributed by atoms with Crippen molar-refractivity contribution in [3.05, 3.63) is 64.1 Å². The lowest BCUT2D eigenvalue weighted by molar-refractivity contribution is -0.141. The maximum atomic E-state index is 13.4. The maximum absolute atomic E-state index is 13.4. The summed E-state index contributed by atoms with van der Waals surface area (Å²) in [6.45, 7) is 6.10. The molecular formula is C26H35Cl2N3O4S. The van der Waals surface area contributed by atoms with Crippen LogP contribution in [0.1, 0.15) is 52.0 Å². The van der Waals surface area contributed by atoms with Crippen LogP contribution in [0.2, 0.25) is 10.0 Å². The van der Waals surface area contributed by atoms with E-state index in [2.05, 4.69) is 5.32 Å². The van der Waals surface area contributed by atoms with Gasteiger partial charge in [0.2, 0.25) is 21.8 Å². The van der Waals surface area contributed by atoms with Crippen molar-refractivity contribution in [1.82, 2.24) is 10.2 Å². The summed E-state index contributed by atoms with van der Waals surface area (Å²) >= 11 is 12.3.